The number of hydrogen-bond acceptors (Lipinski definition) is 4. The minimum atomic E-state index is -0.429. The molecule has 0 radical (unpaired) electrons. The van der Waals surface area contributed by atoms with Gasteiger partial charge in [0.25, 0.3) is 0 Å². The fourth-order valence-electron chi connectivity index (χ4n) is 2.60. The smallest absolute Gasteiger partial charge is 0.234 e. The van der Waals surface area contributed by atoms with Crippen molar-refractivity contribution in [3.8, 4) is 0 Å². The van der Waals surface area contributed by atoms with Gasteiger partial charge in [0.05, 0.1) is 26.3 Å². The summed E-state index contributed by atoms with van der Waals surface area (Å²) in [5.41, 5.74) is 0. The number of hydrogen-bond donors (Lipinski definition) is 1. The van der Waals surface area contributed by atoms with Crippen LogP contribution >= 0.6 is 0 Å². The van der Waals surface area contributed by atoms with E-state index in [1.165, 1.54) is 0 Å². The molecule has 0 aromatic rings. The normalized spacial score (nSPS) is 23.4. The van der Waals surface area contributed by atoms with Gasteiger partial charge in [-0.25, -0.2) is 0 Å². The van der Waals surface area contributed by atoms with Gasteiger partial charge in [-0.2, -0.15) is 0 Å². The molecule has 2 saturated heterocycles. The lowest BCUT2D eigenvalue weighted by Crippen LogP contribution is -2.51. The molecule has 2 aliphatic rings. The third-order valence-corrected chi connectivity index (χ3v) is 3.53. The SMILES string of the molecule is CCCCNC(=O)CN1CCCC2(C1)OCCO2. The van der Waals surface area contributed by atoms with Gasteiger partial charge in [-0.15, -0.1) is 0 Å². The maximum Gasteiger partial charge on any atom is 0.234 e. The summed E-state index contributed by atoms with van der Waals surface area (Å²) in [6, 6.07) is 0. The number of ether oxygens (including phenoxy) is 2. The number of piperidine rings is 1. The van der Waals surface area contributed by atoms with E-state index in [1.807, 2.05) is 0 Å². The zero-order chi connectivity index (χ0) is 12.8. The predicted octanol–water partition coefficient (Wildman–Crippen LogP) is 0.742. The number of carbonyl (C=O) groups excluding carboxylic acids is 1. The fraction of sp³-hybridized carbons (Fsp3) is 0.923. The summed E-state index contributed by atoms with van der Waals surface area (Å²) in [5, 5.41) is 2.95. The van der Waals surface area contributed by atoms with Gasteiger partial charge in [-0.1, -0.05) is 13.3 Å². The highest BCUT2D eigenvalue weighted by Gasteiger charge is 2.40. The molecule has 2 heterocycles. The van der Waals surface area contributed by atoms with Crippen LogP contribution in [-0.4, -0.2) is 56.0 Å². The molecule has 0 aliphatic carbocycles. The highest BCUT2D eigenvalue weighted by molar-refractivity contribution is 5.77. The number of rotatable bonds is 5. The third kappa shape index (κ3) is 3.67. The van der Waals surface area contributed by atoms with Gasteiger partial charge in [0.2, 0.25) is 5.91 Å². The summed E-state index contributed by atoms with van der Waals surface area (Å²) in [5.74, 6) is -0.319. The molecular weight excluding hydrogens is 232 g/mol. The van der Waals surface area contributed by atoms with E-state index in [4.69, 9.17) is 9.47 Å². The quantitative estimate of drug-likeness (QED) is 0.737. The average molecular weight is 256 g/mol. The van der Waals surface area contributed by atoms with E-state index in [9.17, 15) is 4.79 Å². The summed E-state index contributed by atoms with van der Waals surface area (Å²) in [4.78, 5) is 13.9. The van der Waals surface area contributed by atoms with Crippen LogP contribution < -0.4 is 5.32 Å². The Hall–Kier alpha value is -0.650. The van der Waals surface area contributed by atoms with E-state index in [1.54, 1.807) is 0 Å². The Morgan fingerprint density at radius 1 is 1.39 bits per heavy atom. The Morgan fingerprint density at radius 3 is 2.89 bits per heavy atom. The van der Waals surface area contributed by atoms with Gasteiger partial charge in [0, 0.05) is 13.0 Å². The van der Waals surface area contributed by atoms with Crippen LogP contribution in [0.3, 0.4) is 0 Å². The van der Waals surface area contributed by atoms with E-state index in [0.717, 1.165) is 38.8 Å². The van der Waals surface area contributed by atoms with Crippen LogP contribution in [0.1, 0.15) is 32.6 Å². The van der Waals surface area contributed by atoms with Crippen molar-refractivity contribution in [2.24, 2.45) is 0 Å². The summed E-state index contributed by atoms with van der Waals surface area (Å²) in [6.45, 7) is 6.38. The number of nitrogens with zero attached hydrogens (tertiary/aromatic N) is 1. The molecule has 0 aromatic heterocycles. The van der Waals surface area contributed by atoms with Crippen molar-refractivity contribution in [3.63, 3.8) is 0 Å². The van der Waals surface area contributed by atoms with Crippen molar-refractivity contribution in [1.82, 2.24) is 10.2 Å². The number of nitrogens with one attached hydrogen (secondary N) is 1. The topological polar surface area (TPSA) is 50.8 Å². The molecule has 0 saturated carbocycles. The lowest BCUT2D eigenvalue weighted by molar-refractivity contribution is -0.189. The first-order chi connectivity index (χ1) is 8.74. The molecule has 1 amide bonds. The van der Waals surface area contributed by atoms with Gasteiger partial charge in [0.15, 0.2) is 5.79 Å². The van der Waals surface area contributed by atoms with Crippen LogP contribution in [0.15, 0.2) is 0 Å². The molecule has 2 fully saturated rings. The Morgan fingerprint density at radius 2 is 2.17 bits per heavy atom. The van der Waals surface area contributed by atoms with Crippen LogP contribution in [0.2, 0.25) is 0 Å². The molecule has 0 bridgehead atoms. The largest absolute Gasteiger partial charge is 0.355 e. The number of unbranched alkanes of at least 4 members (excludes halogenated alkanes) is 1. The zero-order valence-corrected chi connectivity index (χ0v) is 11.2. The molecular formula is C13H24N2O3. The Kier molecular flexibility index (Phi) is 4.97. The average Bonchev–Trinajstić information content (AvgIpc) is 2.77. The van der Waals surface area contributed by atoms with Crippen LogP contribution in [0.25, 0.3) is 0 Å². The molecule has 0 unspecified atom stereocenters. The van der Waals surface area contributed by atoms with Crippen LogP contribution in [0.4, 0.5) is 0 Å². The monoisotopic (exact) mass is 256 g/mol. The standard InChI is InChI=1S/C13H24N2O3/c1-2-3-6-14-12(16)10-15-7-4-5-13(11-15)17-8-9-18-13/h2-11H2,1H3,(H,14,16). The first-order valence-electron chi connectivity index (χ1n) is 7.01. The van der Waals surface area contributed by atoms with Gasteiger partial charge in [-0.05, 0) is 19.4 Å². The van der Waals surface area contributed by atoms with Crippen LogP contribution in [0.5, 0.6) is 0 Å². The van der Waals surface area contributed by atoms with E-state index >= 15 is 0 Å². The van der Waals surface area contributed by atoms with Crippen LogP contribution in [-0.2, 0) is 14.3 Å². The van der Waals surface area contributed by atoms with E-state index < -0.39 is 5.79 Å². The first kappa shape index (κ1) is 13.8. The molecule has 5 heteroatoms. The zero-order valence-electron chi connectivity index (χ0n) is 11.2. The van der Waals surface area contributed by atoms with Gasteiger partial charge in [-0.3, -0.25) is 9.69 Å². The molecule has 2 rings (SSSR count). The van der Waals surface area contributed by atoms with Crippen molar-refractivity contribution in [2.75, 3.05) is 39.4 Å². The molecule has 1 N–H and O–H groups in total. The lowest BCUT2D eigenvalue weighted by Gasteiger charge is -2.38. The minimum Gasteiger partial charge on any atom is -0.355 e. The van der Waals surface area contributed by atoms with Gasteiger partial charge in [0.1, 0.15) is 0 Å². The summed E-state index contributed by atoms with van der Waals surface area (Å²) in [7, 11) is 0. The molecule has 0 atom stereocenters. The van der Waals surface area contributed by atoms with Crippen LogP contribution in [0, 0.1) is 0 Å². The van der Waals surface area contributed by atoms with Crippen molar-refractivity contribution < 1.29 is 14.3 Å². The molecule has 0 aromatic carbocycles. The van der Waals surface area contributed by atoms with Crippen molar-refractivity contribution in [2.45, 2.75) is 38.4 Å². The van der Waals surface area contributed by atoms with E-state index in [0.29, 0.717) is 26.3 Å². The number of likely N-dealkylation sites (tertiary alicyclic amines) is 1. The minimum absolute atomic E-state index is 0.110. The maximum atomic E-state index is 11.8. The second-order valence-electron chi connectivity index (χ2n) is 5.13. The summed E-state index contributed by atoms with van der Waals surface area (Å²) < 4.78 is 11.4. The number of amides is 1. The van der Waals surface area contributed by atoms with Crippen molar-refractivity contribution in [3.05, 3.63) is 0 Å². The Balaban J connectivity index is 1.73. The molecule has 1 spiro atoms. The van der Waals surface area contributed by atoms with Gasteiger partial charge < -0.3 is 14.8 Å². The summed E-state index contributed by atoms with van der Waals surface area (Å²) >= 11 is 0. The highest BCUT2D eigenvalue weighted by Crippen LogP contribution is 2.29. The fourth-order valence-corrected chi connectivity index (χ4v) is 2.60. The van der Waals surface area contributed by atoms with Crippen molar-refractivity contribution in [1.29, 1.82) is 0 Å². The highest BCUT2D eigenvalue weighted by atomic mass is 16.7. The maximum absolute atomic E-state index is 11.8. The second kappa shape index (κ2) is 6.50. The Bertz CT molecular complexity index is 277. The molecule has 104 valence electrons. The predicted molar refractivity (Wildman–Crippen MR) is 68.2 cm³/mol. The van der Waals surface area contributed by atoms with Crippen molar-refractivity contribution >= 4 is 5.91 Å². The Labute approximate surface area is 109 Å². The second-order valence-corrected chi connectivity index (χ2v) is 5.13. The molecule has 5 nitrogen and oxygen atoms in total. The molecule has 18 heavy (non-hydrogen) atoms. The number of carbonyl (C=O) groups is 1. The lowest BCUT2D eigenvalue weighted by atomic mass is 10.0. The van der Waals surface area contributed by atoms with E-state index in [-0.39, 0.29) is 5.91 Å². The third-order valence-electron chi connectivity index (χ3n) is 3.53. The first-order valence-corrected chi connectivity index (χ1v) is 7.01. The van der Waals surface area contributed by atoms with E-state index in [2.05, 4.69) is 17.1 Å². The summed E-state index contributed by atoms with van der Waals surface area (Å²) in [6.07, 6.45) is 4.12. The van der Waals surface area contributed by atoms with Gasteiger partial charge >= 0.3 is 0 Å². The molecule has 2 aliphatic heterocycles.